The molecule has 1 rings (SSSR count). The third-order valence-electron chi connectivity index (χ3n) is 1.60. The largest absolute Gasteiger partial charge is 0.465 e. The van der Waals surface area contributed by atoms with Crippen molar-refractivity contribution in [1.82, 2.24) is 10.2 Å². The maximum atomic E-state index is 11.1. The van der Waals surface area contributed by atoms with Gasteiger partial charge in [0.2, 0.25) is 0 Å². The Morgan fingerprint density at radius 2 is 2.62 bits per heavy atom. The fourth-order valence-corrected chi connectivity index (χ4v) is 0.976. The van der Waals surface area contributed by atoms with E-state index in [9.17, 15) is 4.79 Å². The fourth-order valence-electron chi connectivity index (χ4n) is 0.976. The molecule has 0 amide bonds. The molecule has 13 heavy (non-hydrogen) atoms. The molecule has 72 valence electrons. The topological polar surface area (TPSA) is 81.0 Å². The molecule has 5 nitrogen and oxygen atoms in total. The monoisotopic (exact) mass is 183 g/mol. The highest BCUT2D eigenvalue weighted by Crippen LogP contribution is 1.99. The quantitative estimate of drug-likeness (QED) is 0.636. The number of nitrogens with zero attached hydrogens (tertiary/aromatic N) is 1. The normalized spacial score (nSPS) is 12.5. The first kappa shape index (κ1) is 9.73. The number of nitrogens with two attached hydrogens (primary N) is 1. The molecule has 1 heterocycles. The highest BCUT2D eigenvalue weighted by molar-refractivity contribution is 5.75. The first-order chi connectivity index (χ1) is 6.24. The molecular formula is C8H13N3O2. The minimum atomic E-state index is -0.599. The van der Waals surface area contributed by atoms with Crippen LogP contribution in [-0.2, 0) is 16.0 Å². The summed E-state index contributed by atoms with van der Waals surface area (Å²) in [7, 11) is 0. The molecular weight excluding hydrogens is 170 g/mol. The smallest absolute Gasteiger partial charge is 0.323 e. The van der Waals surface area contributed by atoms with E-state index in [4.69, 9.17) is 10.5 Å². The number of aromatic amines is 1. The molecule has 0 bridgehead atoms. The van der Waals surface area contributed by atoms with Crippen LogP contribution in [0.15, 0.2) is 12.4 Å². The predicted octanol–water partition coefficient (Wildman–Crippen LogP) is -0.157. The van der Waals surface area contributed by atoms with Gasteiger partial charge in [-0.15, -0.1) is 0 Å². The van der Waals surface area contributed by atoms with Crippen molar-refractivity contribution >= 4 is 5.97 Å². The zero-order chi connectivity index (χ0) is 9.68. The molecule has 0 fully saturated rings. The minimum absolute atomic E-state index is 0.359. The van der Waals surface area contributed by atoms with Gasteiger partial charge in [0.1, 0.15) is 6.04 Å². The lowest BCUT2D eigenvalue weighted by atomic mass is 10.1. The summed E-state index contributed by atoms with van der Waals surface area (Å²) in [4.78, 5) is 11.1. The molecule has 0 radical (unpaired) electrons. The molecule has 0 aliphatic carbocycles. The van der Waals surface area contributed by atoms with Gasteiger partial charge in [-0.2, -0.15) is 5.10 Å². The van der Waals surface area contributed by atoms with Crippen molar-refractivity contribution in [1.29, 1.82) is 0 Å². The molecule has 0 aliphatic rings. The Morgan fingerprint density at radius 3 is 3.15 bits per heavy atom. The number of esters is 1. The molecule has 0 aromatic carbocycles. The number of hydrogen-bond acceptors (Lipinski definition) is 4. The third-order valence-corrected chi connectivity index (χ3v) is 1.60. The van der Waals surface area contributed by atoms with E-state index in [1.807, 2.05) is 0 Å². The first-order valence-corrected chi connectivity index (χ1v) is 4.14. The molecule has 0 saturated carbocycles. The van der Waals surface area contributed by atoms with Gasteiger partial charge in [0.05, 0.1) is 12.8 Å². The van der Waals surface area contributed by atoms with Crippen LogP contribution in [0.1, 0.15) is 12.5 Å². The summed E-state index contributed by atoms with van der Waals surface area (Å²) in [5, 5.41) is 6.40. The molecule has 0 spiro atoms. The van der Waals surface area contributed by atoms with E-state index < -0.39 is 6.04 Å². The van der Waals surface area contributed by atoms with Crippen LogP contribution in [0.25, 0.3) is 0 Å². The van der Waals surface area contributed by atoms with Crippen molar-refractivity contribution in [3.05, 3.63) is 18.0 Å². The van der Waals surface area contributed by atoms with Gasteiger partial charge < -0.3 is 10.5 Å². The summed E-state index contributed by atoms with van der Waals surface area (Å²) in [5.41, 5.74) is 6.48. The van der Waals surface area contributed by atoms with Crippen LogP contribution in [0.4, 0.5) is 0 Å². The summed E-state index contributed by atoms with van der Waals surface area (Å²) in [6, 6.07) is -0.599. The Morgan fingerprint density at radius 1 is 1.85 bits per heavy atom. The van der Waals surface area contributed by atoms with Crippen molar-refractivity contribution < 1.29 is 9.53 Å². The molecule has 0 aliphatic heterocycles. The van der Waals surface area contributed by atoms with Crippen molar-refractivity contribution in [3.63, 3.8) is 0 Å². The number of nitrogens with one attached hydrogen (secondary N) is 1. The van der Waals surface area contributed by atoms with E-state index in [1.165, 1.54) is 0 Å². The van der Waals surface area contributed by atoms with E-state index in [2.05, 4.69) is 10.2 Å². The van der Waals surface area contributed by atoms with Crippen LogP contribution in [0.5, 0.6) is 0 Å². The van der Waals surface area contributed by atoms with E-state index in [0.29, 0.717) is 13.0 Å². The molecule has 3 N–H and O–H groups in total. The fraction of sp³-hybridized carbons (Fsp3) is 0.500. The highest BCUT2D eigenvalue weighted by atomic mass is 16.5. The molecule has 1 aromatic rings. The van der Waals surface area contributed by atoms with Crippen molar-refractivity contribution in [3.8, 4) is 0 Å². The number of carbonyl (C=O) groups is 1. The Kier molecular flexibility index (Phi) is 3.45. The summed E-state index contributed by atoms with van der Waals surface area (Å²) in [6.45, 7) is 2.11. The second-order valence-electron chi connectivity index (χ2n) is 2.67. The van der Waals surface area contributed by atoms with E-state index >= 15 is 0 Å². The van der Waals surface area contributed by atoms with Gasteiger partial charge in [-0.3, -0.25) is 9.89 Å². The number of aromatic nitrogens is 2. The van der Waals surface area contributed by atoms with Crippen LogP contribution in [-0.4, -0.2) is 28.8 Å². The van der Waals surface area contributed by atoms with Crippen LogP contribution in [0.2, 0.25) is 0 Å². The number of rotatable bonds is 4. The Bertz CT molecular complexity index is 258. The van der Waals surface area contributed by atoms with Crippen LogP contribution < -0.4 is 5.73 Å². The molecule has 0 unspecified atom stereocenters. The van der Waals surface area contributed by atoms with Gasteiger partial charge in [-0.05, 0) is 12.5 Å². The average molecular weight is 183 g/mol. The molecule has 5 heteroatoms. The van der Waals surface area contributed by atoms with Crippen LogP contribution in [0.3, 0.4) is 0 Å². The number of carbonyl (C=O) groups excluding carboxylic acids is 1. The van der Waals surface area contributed by atoms with E-state index in [-0.39, 0.29) is 5.97 Å². The molecule has 0 saturated heterocycles. The van der Waals surface area contributed by atoms with E-state index in [0.717, 1.165) is 5.56 Å². The number of hydrogen-bond donors (Lipinski definition) is 2. The summed E-state index contributed by atoms with van der Waals surface area (Å²) < 4.78 is 4.76. The third kappa shape index (κ3) is 2.87. The summed E-state index contributed by atoms with van der Waals surface area (Å²) in [6.07, 6.45) is 3.80. The zero-order valence-corrected chi connectivity index (χ0v) is 7.49. The maximum Gasteiger partial charge on any atom is 0.323 e. The second-order valence-corrected chi connectivity index (χ2v) is 2.67. The highest BCUT2D eigenvalue weighted by Gasteiger charge is 2.14. The lowest BCUT2D eigenvalue weighted by Crippen LogP contribution is -2.34. The van der Waals surface area contributed by atoms with Gasteiger partial charge in [0.15, 0.2) is 0 Å². The van der Waals surface area contributed by atoms with Crippen LogP contribution >= 0.6 is 0 Å². The summed E-state index contributed by atoms with van der Waals surface area (Å²) in [5.74, 6) is -0.372. The van der Waals surface area contributed by atoms with Crippen molar-refractivity contribution in [2.45, 2.75) is 19.4 Å². The zero-order valence-electron chi connectivity index (χ0n) is 7.49. The second kappa shape index (κ2) is 4.61. The Hall–Kier alpha value is -1.36. The lowest BCUT2D eigenvalue weighted by Gasteiger charge is -2.08. The first-order valence-electron chi connectivity index (χ1n) is 4.14. The molecule has 1 aromatic heterocycles. The van der Waals surface area contributed by atoms with Crippen molar-refractivity contribution in [2.24, 2.45) is 5.73 Å². The van der Waals surface area contributed by atoms with Gasteiger partial charge in [-0.25, -0.2) is 0 Å². The number of ether oxygens (including phenoxy) is 1. The number of H-pyrrole nitrogens is 1. The van der Waals surface area contributed by atoms with Gasteiger partial charge in [0.25, 0.3) is 0 Å². The molecule has 1 atom stereocenters. The SMILES string of the molecule is CCOC(=O)[C@@H](N)Cc1cn[nH]c1. The Balaban J connectivity index is 2.41. The van der Waals surface area contributed by atoms with E-state index in [1.54, 1.807) is 19.3 Å². The van der Waals surface area contributed by atoms with Gasteiger partial charge in [0, 0.05) is 12.6 Å². The van der Waals surface area contributed by atoms with Gasteiger partial charge in [-0.1, -0.05) is 0 Å². The average Bonchev–Trinajstić information content (AvgIpc) is 2.57. The van der Waals surface area contributed by atoms with Crippen LogP contribution in [0, 0.1) is 0 Å². The standard InChI is InChI=1S/C8H13N3O2/c1-2-13-8(12)7(9)3-6-4-10-11-5-6/h4-5,7H,2-3,9H2,1H3,(H,10,11)/t7-/m0/s1. The maximum absolute atomic E-state index is 11.1. The minimum Gasteiger partial charge on any atom is -0.465 e. The Labute approximate surface area is 76.3 Å². The van der Waals surface area contributed by atoms with Crippen molar-refractivity contribution in [2.75, 3.05) is 6.61 Å². The predicted molar refractivity (Wildman–Crippen MR) is 46.9 cm³/mol. The van der Waals surface area contributed by atoms with Gasteiger partial charge >= 0.3 is 5.97 Å². The summed E-state index contributed by atoms with van der Waals surface area (Å²) >= 11 is 0. The lowest BCUT2D eigenvalue weighted by molar-refractivity contribution is -0.144.